The van der Waals surface area contributed by atoms with Gasteiger partial charge in [-0.25, -0.2) is 9.59 Å². The van der Waals surface area contributed by atoms with Crippen molar-refractivity contribution in [3.63, 3.8) is 0 Å². The van der Waals surface area contributed by atoms with Gasteiger partial charge in [0.1, 0.15) is 23.4 Å². The van der Waals surface area contributed by atoms with Gasteiger partial charge in [0.05, 0.1) is 17.5 Å². The fourth-order valence-electron chi connectivity index (χ4n) is 3.29. The lowest BCUT2D eigenvalue weighted by molar-refractivity contribution is -0.144. The van der Waals surface area contributed by atoms with E-state index in [0.717, 1.165) is 0 Å². The second-order valence-corrected chi connectivity index (χ2v) is 11.4. The molecule has 1 aromatic rings. The number of amides is 3. The number of carboxylic acid groups (broad SMARTS) is 1. The molecule has 0 spiro atoms. The van der Waals surface area contributed by atoms with Crippen molar-refractivity contribution in [1.82, 2.24) is 16.0 Å². The summed E-state index contributed by atoms with van der Waals surface area (Å²) < 4.78 is 10.5. The topological polar surface area (TPSA) is 143 Å². The van der Waals surface area contributed by atoms with Gasteiger partial charge < -0.3 is 30.5 Å². The summed E-state index contributed by atoms with van der Waals surface area (Å²) >= 11 is 6.21. The Kier molecular flexibility index (Phi) is 11.7. The number of carbonyl (C=O) groups excluding carboxylic acids is 3. The lowest BCUT2D eigenvalue weighted by Crippen LogP contribution is -2.54. The number of hydrogen-bond donors (Lipinski definition) is 4. The van der Waals surface area contributed by atoms with Crippen LogP contribution in [-0.2, 0) is 25.5 Å². The summed E-state index contributed by atoms with van der Waals surface area (Å²) in [6.45, 7) is 11.9. The van der Waals surface area contributed by atoms with E-state index in [9.17, 15) is 24.3 Å². The van der Waals surface area contributed by atoms with E-state index in [1.54, 1.807) is 52.8 Å². The van der Waals surface area contributed by atoms with E-state index in [1.165, 1.54) is 7.11 Å². The number of ether oxygens (including phenoxy) is 2. The van der Waals surface area contributed by atoms with Gasteiger partial charge in [-0.2, -0.15) is 0 Å². The molecular formula is C26H40ClN3O7. The molecule has 1 aromatic carbocycles. The Morgan fingerprint density at radius 2 is 1.65 bits per heavy atom. The number of nitrogens with one attached hydrogen (secondary N) is 3. The second kappa shape index (κ2) is 13.5. The smallest absolute Gasteiger partial charge is 0.408 e. The third kappa shape index (κ3) is 11.3. The summed E-state index contributed by atoms with van der Waals surface area (Å²) in [5.41, 5.74) is -1.23. The minimum absolute atomic E-state index is 0.0651. The maximum absolute atomic E-state index is 13.1. The highest BCUT2D eigenvalue weighted by Crippen LogP contribution is 2.25. The van der Waals surface area contributed by atoms with E-state index in [1.807, 2.05) is 13.8 Å². The summed E-state index contributed by atoms with van der Waals surface area (Å²) in [4.78, 5) is 49.9. The molecule has 0 aliphatic heterocycles. The van der Waals surface area contributed by atoms with Crippen molar-refractivity contribution in [2.75, 3.05) is 13.7 Å². The van der Waals surface area contributed by atoms with Crippen molar-refractivity contribution in [1.29, 1.82) is 0 Å². The summed E-state index contributed by atoms with van der Waals surface area (Å²) in [6, 6.07) is 2.94. The van der Waals surface area contributed by atoms with Crippen LogP contribution in [0.2, 0.25) is 5.02 Å². The largest absolute Gasteiger partial charge is 0.495 e. The standard InChI is InChI=1S/C26H40ClN3O7/c1-15(2)11-19(22(32)33)29-23(34)26(6,7)14-28-21(31)18(30-24(35)37-25(3,4)5)13-16-9-10-20(36-8)17(27)12-16/h9-10,12,15,18-19H,11,13-14H2,1-8H3,(H,28,31)(H,29,34)(H,30,35)(H,32,33). The van der Waals surface area contributed by atoms with Crippen molar-refractivity contribution in [3.8, 4) is 5.75 Å². The molecule has 0 aliphatic carbocycles. The molecule has 0 radical (unpaired) electrons. The van der Waals surface area contributed by atoms with Crippen LogP contribution in [0.5, 0.6) is 5.75 Å². The molecular weight excluding hydrogens is 502 g/mol. The Balaban J connectivity index is 3.00. The van der Waals surface area contributed by atoms with Crippen LogP contribution in [0.1, 0.15) is 60.5 Å². The number of carboxylic acids is 1. The zero-order valence-electron chi connectivity index (χ0n) is 22.9. The monoisotopic (exact) mass is 541 g/mol. The molecule has 0 saturated heterocycles. The number of methoxy groups -OCH3 is 1. The number of halogens is 1. The fraction of sp³-hybridized carbons (Fsp3) is 0.615. The minimum atomic E-state index is -1.12. The van der Waals surface area contributed by atoms with E-state index in [4.69, 9.17) is 21.1 Å². The summed E-state index contributed by atoms with van der Waals surface area (Å²) in [5, 5.41) is 17.6. The first kappa shape index (κ1) is 32.0. The van der Waals surface area contributed by atoms with Gasteiger partial charge in [-0.3, -0.25) is 9.59 Å². The van der Waals surface area contributed by atoms with Gasteiger partial charge in [-0.05, 0) is 64.7 Å². The number of benzene rings is 1. The van der Waals surface area contributed by atoms with E-state index in [0.29, 0.717) is 16.3 Å². The van der Waals surface area contributed by atoms with Gasteiger partial charge in [0.15, 0.2) is 0 Å². The van der Waals surface area contributed by atoms with Gasteiger partial charge in [0.25, 0.3) is 0 Å². The first-order chi connectivity index (χ1) is 16.9. The molecule has 4 N–H and O–H groups in total. The highest BCUT2D eigenvalue weighted by atomic mass is 35.5. The molecule has 0 heterocycles. The Hall–Kier alpha value is -3.01. The SMILES string of the molecule is COc1ccc(CC(NC(=O)OC(C)(C)C)C(=O)NCC(C)(C)C(=O)NC(CC(C)C)C(=O)O)cc1Cl. The first-order valence-electron chi connectivity index (χ1n) is 12.1. The maximum Gasteiger partial charge on any atom is 0.408 e. The van der Waals surface area contributed by atoms with Gasteiger partial charge >= 0.3 is 12.1 Å². The van der Waals surface area contributed by atoms with E-state index in [2.05, 4.69) is 16.0 Å². The predicted molar refractivity (Wildman–Crippen MR) is 141 cm³/mol. The minimum Gasteiger partial charge on any atom is -0.495 e. The van der Waals surface area contributed by atoms with Crippen molar-refractivity contribution < 1.29 is 33.8 Å². The number of alkyl carbamates (subject to hydrolysis) is 1. The Morgan fingerprint density at radius 1 is 1.03 bits per heavy atom. The number of hydrogen-bond acceptors (Lipinski definition) is 6. The Bertz CT molecular complexity index is 973. The normalized spacial score (nSPS) is 13.4. The van der Waals surface area contributed by atoms with Crippen LogP contribution in [0.3, 0.4) is 0 Å². The quantitative estimate of drug-likeness (QED) is 0.317. The Labute approximate surface area is 223 Å². The van der Waals surface area contributed by atoms with Gasteiger partial charge in [-0.15, -0.1) is 0 Å². The molecule has 0 fully saturated rings. The average Bonchev–Trinajstić information content (AvgIpc) is 2.75. The zero-order chi connectivity index (χ0) is 28.6. The number of carbonyl (C=O) groups is 4. The van der Waals surface area contributed by atoms with Gasteiger partial charge in [0.2, 0.25) is 11.8 Å². The predicted octanol–water partition coefficient (Wildman–Crippen LogP) is 3.54. The molecule has 0 aliphatic rings. The average molecular weight is 542 g/mol. The molecule has 0 saturated carbocycles. The van der Waals surface area contributed by atoms with E-state index < -0.39 is 47.0 Å². The Morgan fingerprint density at radius 3 is 2.14 bits per heavy atom. The lowest BCUT2D eigenvalue weighted by Gasteiger charge is -2.28. The van der Waals surface area contributed by atoms with Crippen molar-refractivity contribution >= 4 is 35.5 Å². The maximum atomic E-state index is 13.1. The van der Waals surface area contributed by atoms with Crippen LogP contribution >= 0.6 is 11.6 Å². The van der Waals surface area contributed by atoms with Crippen LogP contribution in [0, 0.1) is 11.3 Å². The molecule has 0 aromatic heterocycles. The van der Waals surface area contributed by atoms with Gasteiger partial charge in [0, 0.05) is 13.0 Å². The molecule has 1 rings (SSSR count). The highest BCUT2D eigenvalue weighted by Gasteiger charge is 2.33. The highest BCUT2D eigenvalue weighted by molar-refractivity contribution is 6.32. The number of rotatable bonds is 12. The van der Waals surface area contributed by atoms with Gasteiger partial charge in [-0.1, -0.05) is 31.5 Å². The van der Waals surface area contributed by atoms with E-state index >= 15 is 0 Å². The molecule has 3 amide bonds. The van der Waals surface area contributed by atoms with Crippen LogP contribution in [-0.4, -0.2) is 60.3 Å². The first-order valence-corrected chi connectivity index (χ1v) is 12.5. The molecule has 0 bridgehead atoms. The lowest BCUT2D eigenvalue weighted by atomic mass is 9.91. The summed E-state index contributed by atoms with van der Waals surface area (Å²) in [6.07, 6.45) is -0.408. The van der Waals surface area contributed by atoms with Crippen LogP contribution < -0.4 is 20.7 Å². The van der Waals surface area contributed by atoms with Crippen LogP contribution in [0.25, 0.3) is 0 Å². The third-order valence-electron chi connectivity index (χ3n) is 5.29. The van der Waals surface area contributed by atoms with E-state index in [-0.39, 0.29) is 25.3 Å². The zero-order valence-corrected chi connectivity index (χ0v) is 23.6. The molecule has 2 atom stereocenters. The summed E-state index contributed by atoms with van der Waals surface area (Å²) in [5.74, 6) is -1.65. The molecule has 10 nitrogen and oxygen atoms in total. The second-order valence-electron chi connectivity index (χ2n) is 11.0. The number of aliphatic carboxylic acids is 1. The third-order valence-corrected chi connectivity index (χ3v) is 5.59. The van der Waals surface area contributed by atoms with Crippen molar-refractivity contribution in [2.24, 2.45) is 11.3 Å². The summed E-state index contributed by atoms with van der Waals surface area (Å²) in [7, 11) is 1.49. The van der Waals surface area contributed by atoms with Crippen LogP contribution in [0.4, 0.5) is 4.79 Å². The van der Waals surface area contributed by atoms with Crippen molar-refractivity contribution in [3.05, 3.63) is 28.8 Å². The molecule has 208 valence electrons. The fourth-order valence-corrected chi connectivity index (χ4v) is 3.57. The van der Waals surface area contributed by atoms with Crippen LogP contribution in [0.15, 0.2) is 18.2 Å². The molecule has 37 heavy (non-hydrogen) atoms. The van der Waals surface area contributed by atoms with Crippen molar-refractivity contribution in [2.45, 2.75) is 79.0 Å². The molecule has 11 heteroatoms. The molecule has 2 unspecified atom stereocenters.